The van der Waals surface area contributed by atoms with Crippen LogP contribution in [-0.4, -0.2) is 37.6 Å². The van der Waals surface area contributed by atoms with Crippen LogP contribution >= 0.6 is 0 Å². The number of carbonyl (C=O) groups excluding carboxylic acids is 1. The number of hydrogen-bond acceptors (Lipinski definition) is 3. The van der Waals surface area contributed by atoms with Gasteiger partial charge < -0.3 is 4.90 Å². The Hall–Kier alpha value is -1.43. The van der Waals surface area contributed by atoms with Crippen molar-refractivity contribution in [1.29, 1.82) is 0 Å². The molecule has 0 aromatic heterocycles. The molecule has 1 fully saturated rings. The second kappa shape index (κ2) is 5.91. The van der Waals surface area contributed by atoms with Gasteiger partial charge >= 0.3 is 0 Å². The topological polar surface area (TPSA) is 54.5 Å². The molecule has 4 nitrogen and oxygen atoms in total. The van der Waals surface area contributed by atoms with Crippen LogP contribution in [-0.2, 0) is 20.4 Å². The second-order valence-electron chi connectivity index (χ2n) is 5.11. The van der Waals surface area contributed by atoms with E-state index in [1.165, 1.54) is 31.2 Å². The lowest BCUT2D eigenvalue weighted by atomic mass is 10.2. The van der Waals surface area contributed by atoms with Gasteiger partial charge in [-0.05, 0) is 37.5 Å². The van der Waals surface area contributed by atoms with Crippen LogP contribution in [0, 0.1) is 5.82 Å². The van der Waals surface area contributed by atoms with Gasteiger partial charge in [0.05, 0.1) is 5.75 Å². The Morgan fingerprint density at radius 2 is 1.80 bits per heavy atom. The first-order chi connectivity index (χ1) is 9.40. The van der Waals surface area contributed by atoms with Crippen molar-refractivity contribution in [3.63, 3.8) is 0 Å². The van der Waals surface area contributed by atoms with Crippen molar-refractivity contribution < 1.29 is 17.6 Å². The first kappa shape index (κ1) is 15.0. The van der Waals surface area contributed by atoms with Gasteiger partial charge in [-0.3, -0.25) is 4.79 Å². The summed E-state index contributed by atoms with van der Waals surface area (Å²) in [5.74, 6) is -0.981. The van der Waals surface area contributed by atoms with E-state index in [0.29, 0.717) is 18.7 Å². The van der Waals surface area contributed by atoms with E-state index < -0.39 is 20.9 Å². The van der Waals surface area contributed by atoms with Gasteiger partial charge in [0.2, 0.25) is 5.91 Å². The van der Waals surface area contributed by atoms with Crippen molar-refractivity contribution >= 4 is 15.7 Å². The maximum Gasteiger partial charge on any atom is 0.240 e. The molecule has 0 bridgehead atoms. The summed E-state index contributed by atoms with van der Waals surface area (Å²) in [4.78, 5) is 13.7. The summed E-state index contributed by atoms with van der Waals surface area (Å²) < 4.78 is 37.3. The molecule has 0 aliphatic carbocycles. The second-order valence-corrected chi connectivity index (χ2v) is 7.43. The molecule has 1 aliphatic rings. The van der Waals surface area contributed by atoms with Crippen molar-refractivity contribution in [1.82, 2.24) is 4.90 Å². The van der Waals surface area contributed by atoms with Gasteiger partial charge in [-0.15, -0.1) is 0 Å². The maximum atomic E-state index is 12.8. The first-order valence-electron chi connectivity index (χ1n) is 6.65. The number of sulfone groups is 1. The summed E-state index contributed by atoms with van der Waals surface area (Å²) in [6.07, 6.45) is 1.85. The molecule has 20 heavy (non-hydrogen) atoms. The lowest BCUT2D eigenvalue weighted by Crippen LogP contribution is -2.40. The average Bonchev–Trinajstić information content (AvgIpc) is 2.93. The molecule has 1 saturated heterocycles. The zero-order chi connectivity index (χ0) is 14.8. The van der Waals surface area contributed by atoms with Gasteiger partial charge in [-0.1, -0.05) is 12.1 Å². The number of halogens is 1. The van der Waals surface area contributed by atoms with E-state index in [0.717, 1.165) is 12.8 Å². The first-order valence-corrected chi connectivity index (χ1v) is 8.36. The molecule has 0 N–H and O–H groups in total. The van der Waals surface area contributed by atoms with Crippen molar-refractivity contribution in [2.75, 3.05) is 13.1 Å². The fourth-order valence-corrected chi connectivity index (χ4v) is 3.65. The Kier molecular flexibility index (Phi) is 4.42. The monoisotopic (exact) mass is 299 g/mol. The van der Waals surface area contributed by atoms with Crippen molar-refractivity contribution in [3.05, 3.63) is 35.6 Å². The Morgan fingerprint density at radius 1 is 1.25 bits per heavy atom. The van der Waals surface area contributed by atoms with Crippen LogP contribution in [0.1, 0.15) is 25.3 Å². The van der Waals surface area contributed by atoms with Gasteiger partial charge in [-0.25, -0.2) is 12.8 Å². The predicted octanol–water partition coefficient (Wildman–Crippen LogP) is 1.75. The van der Waals surface area contributed by atoms with E-state index in [2.05, 4.69) is 0 Å². The maximum absolute atomic E-state index is 12.8. The molecule has 1 aliphatic heterocycles. The third kappa shape index (κ3) is 3.36. The van der Waals surface area contributed by atoms with E-state index in [9.17, 15) is 17.6 Å². The quantitative estimate of drug-likeness (QED) is 0.851. The highest BCUT2D eigenvalue weighted by atomic mass is 32.2. The number of likely N-dealkylation sites (tertiary alicyclic amines) is 1. The van der Waals surface area contributed by atoms with Crippen molar-refractivity contribution in [2.45, 2.75) is 30.8 Å². The Balaban J connectivity index is 2.08. The number of nitrogens with zero attached hydrogens (tertiary/aromatic N) is 1. The molecule has 0 saturated carbocycles. The van der Waals surface area contributed by atoms with Crippen LogP contribution in [0.15, 0.2) is 24.3 Å². The minimum absolute atomic E-state index is 0.242. The standard InChI is InChI=1S/C14H18FNO3S/c1-11(14(17)16-8-2-3-9-16)20(18,19)10-12-4-6-13(15)7-5-12/h4-7,11H,2-3,8-10H2,1H3. The van der Waals surface area contributed by atoms with E-state index in [1.54, 1.807) is 4.90 Å². The van der Waals surface area contributed by atoms with Crippen LogP contribution in [0.3, 0.4) is 0 Å². The largest absolute Gasteiger partial charge is 0.342 e. The summed E-state index contributed by atoms with van der Waals surface area (Å²) in [5.41, 5.74) is 0.493. The molecule has 2 rings (SSSR count). The molecule has 1 atom stereocenters. The molecule has 1 amide bonds. The molecule has 1 unspecified atom stereocenters. The summed E-state index contributed by atoms with van der Waals surface area (Å²) in [6.45, 7) is 2.70. The predicted molar refractivity (Wildman–Crippen MR) is 74.3 cm³/mol. The number of rotatable bonds is 4. The van der Waals surface area contributed by atoms with Crippen molar-refractivity contribution in [2.24, 2.45) is 0 Å². The SMILES string of the molecule is CC(C(=O)N1CCCC1)S(=O)(=O)Cc1ccc(F)cc1. The zero-order valence-corrected chi connectivity index (χ0v) is 12.2. The van der Waals surface area contributed by atoms with Crippen molar-refractivity contribution in [3.8, 4) is 0 Å². The Labute approximate surface area is 118 Å². The van der Waals surface area contributed by atoms with E-state index in [-0.39, 0.29) is 11.7 Å². The molecule has 1 aromatic rings. The fourth-order valence-electron chi connectivity index (χ4n) is 2.29. The molecule has 6 heteroatoms. The van der Waals surface area contributed by atoms with Crippen LogP contribution in [0.25, 0.3) is 0 Å². The summed E-state index contributed by atoms with van der Waals surface area (Å²) >= 11 is 0. The van der Waals surface area contributed by atoms with Crippen LogP contribution in [0.5, 0.6) is 0 Å². The Morgan fingerprint density at radius 3 is 2.35 bits per heavy atom. The highest BCUT2D eigenvalue weighted by molar-refractivity contribution is 7.92. The number of benzene rings is 1. The van der Waals surface area contributed by atoms with Crippen LogP contribution in [0.4, 0.5) is 4.39 Å². The van der Waals surface area contributed by atoms with E-state index in [4.69, 9.17) is 0 Å². The summed E-state index contributed by atoms with van der Waals surface area (Å²) in [7, 11) is -3.58. The van der Waals surface area contributed by atoms with Gasteiger partial charge in [0, 0.05) is 13.1 Å². The number of carbonyl (C=O) groups is 1. The minimum Gasteiger partial charge on any atom is -0.342 e. The third-order valence-electron chi connectivity index (χ3n) is 3.59. The normalized spacial score (nSPS) is 17.2. The highest BCUT2D eigenvalue weighted by Crippen LogP contribution is 2.17. The fraction of sp³-hybridized carbons (Fsp3) is 0.500. The molecule has 1 heterocycles. The highest BCUT2D eigenvalue weighted by Gasteiger charge is 2.32. The summed E-state index contributed by atoms with van der Waals surface area (Å²) in [5, 5.41) is -1.05. The molecule has 0 radical (unpaired) electrons. The number of amides is 1. The number of hydrogen-bond donors (Lipinski definition) is 0. The van der Waals surface area contributed by atoms with Crippen LogP contribution in [0.2, 0.25) is 0 Å². The zero-order valence-electron chi connectivity index (χ0n) is 11.4. The summed E-state index contributed by atoms with van der Waals surface area (Å²) in [6, 6.07) is 5.30. The van der Waals surface area contributed by atoms with Crippen LogP contribution < -0.4 is 0 Å². The van der Waals surface area contributed by atoms with Gasteiger partial charge in [0.15, 0.2) is 9.84 Å². The Bertz CT molecular complexity index is 577. The smallest absolute Gasteiger partial charge is 0.240 e. The average molecular weight is 299 g/mol. The molecular formula is C14H18FNO3S. The lowest BCUT2D eigenvalue weighted by molar-refractivity contribution is -0.129. The minimum atomic E-state index is -3.58. The molecule has 110 valence electrons. The van der Waals surface area contributed by atoms with E-state index in [1.807, 2.05) is 0 Å². The molecule has 0 spiro atoms. The molecule has 1 aromatic carbocycles. The van der Waals surface area contributed by atoms with Gasteiger partial charge in [0.1, 0.15) is 11.1 Å². The lowest BCUT2D eigenvalue weighted by Gasteiger charge is -2.20. The van der Waals surface area contributed by atoms with Gasteiger partial charge in [0.25, 0.3) is 0 Å². The third-order valence-corrected chi connectivity index (χ3v) is 5.60. The van der Waals surface area contributed by atoms with Gasteiger partial charge in [-0.2, -0.15) is 0 Å². The van der Waals surface area contributed by atoms with E-state index >= 15 is 0 Å². The molecular weight excluding hydrogens is 281 g/mol.